The lowest BCUT2D eigenvalue weighted by atomic mass is 10.1. The first-order chi connectivity index (χ1) is 10.7. The summed E-state index contributed by atoms with van der Waals surface area (Å²) in [6, 6.07) is 7.85. The van der Waals surface area contributed by atoms with E-state index in [1.54, 1.807) is 13.2 Å². The van der Waals surface area contributed by atoms with Crippen LogP contribution in [-0.2, 0) is 4.74 Å². The summed E-state index contributed by atoms with van der Waals surface area (Å²) >= 11 is 0. The van der Waals surface area contributed by atoms with Crippen LogP contribution in [0.3, 0.4) is 0 Å². The summed E-state index contributed by atoms with van der Waals surface area (Å²) in [6.07, 6.45) is 1.61. The molecule has 0 unspecified atom stereocenters. The Morgan fingerprint density at radius 3 is 2.59 bits per heavy atom. The van der Waals surface area contributed by atoms with E-state index in [1.165, 1.54) is 0 Å². The highest BCUT2D eigenvalue weighted by atomic mass is 16.5. The summed E-state index contributed by atoms with van der Waals surface area (Å²) in [4.78, 5) is 14.8. The molecule has 0 atom stereocenters. The Labute approximate surface area is 129 Å². The van der Waals surface area contributed by atoms with Crippen molar-refractivity contribution in [2.45, 2.75) is 13.8 Å². The normalized spacial score (nSPS) is 14.9. The number of furan rings is 1. The van der Waals surface area contributed by atoms with Gasteiger partial charge in [-0.05, 0) is 26.0 Å². The van der Waals surface area contributed by atoms with Crippen molar-refractivity contribution in [3.8, 4) is 0 Å². The van der Waals surface area contributed by atoms with Crippen LogP contribution >= 0.6 is 0 Å². The second-order valence-electron chi connectivity index (χ2n) is 5.42. The number of morpholine rings is 1. The van der Waals surface area contributed by atoms with Gasteiger partial charge >= 0.3 is 0 Å². The van der Waals surface area contributed by atoms with Gasteiger partial charge in [0.1, 0.15) is 5.76 Å². The van der Waals surface area contributed by atoms with E-state index < -0.39 is 0 Å². The molecule has 0 aliphatic carbocycles. The SMILES string of the molecule is Cc1coc(C)c1C(=O)Nc1ccccc1N1CCOCC1. The number of ether oxygens (including phenoxy) is 1. The van der Waals surface area contributed by atoms with Crippen LogP contribution in [0, 0.1) is 13.8 Å². The van der Waals surface area contributed by atoms with Gasteiger partial charge < -0.3 is 19.4 Å². The predicted octanol–water partition coefficient (Wildman–Crippen LogP) is 2.99. The zero-order chi connectivity index (χ0) is 15.5. The summed E-state index contributed by atoms with van der Waals surface area (Å²) in [5, 5.41) is 3.01. The number of benzene rings is 1. The molecule has 0 saturated carbocycles. The fourth-order valence-corrected chi connectivity index (χ4v) is 2.76. The first-order valence-electron chi connectivity index (χ1n) is 7.44. The standard InChI is InChI=1S/C17H20N2O3/c1-12-11-22-13(2)16(12)17(20)18-14-5-3-4-6-15(14)19-7-9-21-10-8-19/h3-6,11H,7-10H2,1-2H3,(H,18,20). The van der Waals surface area contributed by atoms with E-state index in [0.29, 0.717) is 24.5 Å². The highest BCUT2D eigenvalue weighted by Gasteiger charge is 2.19. The second kappa shape index (κ2) is 6.23. The molecule has 22 heavy (non-hydrogen) atoms. The summed E-state index contributed by atoms with van der Waals surface area (Å²) in [6.45, 7) is 6.76. The predicted molar refractivity (Wildman–Crippen MR) is 85.6 cm³/mol. The number of anilines is 2. The van der Waals surface area contributed by atoms with Crippen LogP contribution in [0.4, 0.5) is 11.4 Å². The smallest absolute Gasteiger partial charge is 0.259 e. The third-order valence-electron chi connectivity index (χ3n) is 3.89. The van der Waals surface area contributed by atoms with Crippen LogP contribution in [0.1, 0.15) is 21.7 Å². The Hall–Kier alpha value is -2.27. The highest BCUT2D eigenvalue weighted by Crippen LogP contribution is 2.27. The molecular formula is C17H20N2O3. The van der Waals surface area contributed by atoms with Crippen molar-refractivity contribution in [2.75, 3.05) is 36.5 Å². The van der Waals surface area contributed by atoms with E-state index in [2.05, 4.69) is 10.2 Å². The Bertz CT molecular complexity index is 653. The topological polar surface area (TPSA) is 54.7 Å². The van der Waals surface area contributed by atoms with Gasteiger partial charge in [-0.2, -0.15) is 0 Å². The Morgan fingerprint density at radius 2 is 1.91 bits per heavy atom. The maximum Gasteiger partial charge on any atom is 0.259 e. The highest BCUT2D eigenvalue weighted by molar-refractivity contribution is 6.07. The molecule has 1 fully saturated rings. The lowest BCUT2D eigenvalue weighted by Gasteiger charge is -2.30. The van der Waals surface area contributed by atoms with Gasteiger partial charge in [0.15, 0.2) is 0 Å². The molecule has 2 aromatic rings. The first-order valence-corrected chi connectivity index (χ1v) is 7.44. The number of hydrogen-bond acceptors (Lipinski definition) is 4. The van der Waals surface area contributed by atoms with E-state index >= 15 is 0 Å². The van der Waals surface area contributed by atoms with Gasteiger partial charge in [-0.15, -0.1) is 0 Å². The van der Waals surface area contributed by atoms with Crippen molar-refractivity contribution in [1.82, 2.24) is 0 Å². The maximum atomic E-state index is 12.5. The minimum absolute atomic E-state index is 0.135. The Morgan fingerprint density at radius 1 is 1.18 bits per heavy atom. The lowest BCUT2D eigenvalue weighted by molar-refractivity contribution is 0.102. The first kappa shape index (κ1) is 14.7. The van der Waals surface area contributed by atoms with Crippen molar-refractivity contribution >= 4 is 17.3 Å². The molecule has 5 heteroatoms. The van der Waals surface area contributed by atoms with Crippen molar-refractivity contribution in [2.24, 2.45) is 0 Å². The van der Waals surface area contributed by atoms with Crippen molar-refractivity contribution < 1.29 is 13.9 Å². The molecular weight excluding hydrogens is 280 g/mol. The number of carbonyl (C=O) groups is 1. The molecule has 3 rings (SSSR count). The summed E-state index contributed by atoms with van der Waals surface area (Å²) < 4.78 is 10.7. The number of para-hydroxylation sites is 2. The number of carbonyl (C=O) groups excluding carboxylic acids is 1. The quantitative estimate of drug-likeness (QED) is 0.947. The summed E-state index contributed by atoms with van der Waals surface area (Å²) in [5.74, 6) is 0.503. The molecule has 2 heterocycles. The average Bonchev–Trinajstić information content (AvgIpc) is 2.87. The van der Waals surface area contributed by atoms with Gasteiger partial charge in [0.2, 0.25) is 0 Å². The number of rotatable bonds is 3. The number of nitrogens with zero attached hydrogens (tertiary/aromatic N) is 1. The van der Waals surface area contributed by atoms with Crippen LogP contribution in [0.25, 0.3) is 0 Å². The third-order valence-corrected chi connectivity index (χ3v) is 3.89. The second-order valence-corrected chi connectivity index (χ2v) is 5.42. The number of nitrogens with one attached hydrogen (secondary N) is 1. The minimum atomic E-state index is -0.135. The van der Waals surface area contributed by atoms with Crippen molar-refractivity contribution in [3.05, 3.63) is 47.4 Å². The van der Waals surface area contributed by atoms with Gasteiger partial charge in [-0.1, -0.05) is 12.1 Å². The van der Waals surface area contributed by atoms with Gasteiger partial charge in [-0.25, -0.2) is 0 Å². The summed E-state index contributed by atoms with van der Waals surface area (Å²) in [7, 11) is 0. The molecule has 1 aliphatic rings. The third kappa shape index (κ3) is 2.85. The Kier molecular flexibility index (Phi) is 4.15. The van der Waals surface area contributed by atoms with E-state index in [4.69, 9.17) is 9.15 Å². The molecule has 1 N–H and O–H groups in total. The number of amides is 1. The molecule has 0 spiro atoms. The molecule has 1 aromatic carbocycles. The van der Waals surface area contributed by atoms with E-state index in [0.717, 1.165) is 30.0 Å². The monoisotopic (exact) mass is 300 g/mol. The largest absolute Gasteiger partial charge is 0.469 e. The number of hydrogen-bond donors (Lipinski definition) is 1. The van der Waals surface area contributed by atoms with Crippen LogP contribution in [0.2, 0.25) is 0 Å². The van der Waals surface area contributed by atoms with E-state index in [9.17, 15) is 4.79 Å². The lowest BCUT2D eigenvalue weighted by Crippen LogP contribution is -2.36. The van der Waals surface area contributed by atoms with Crippen LogP contribution < -0.4 is 10.2 Å². The summed E-state index contributed by atoms with van der Waals surface area (Å²) in [5.41, 5.74) is 3.29. The molecule has 116 valence electrons. The van der Waals surface area contributed by atoms with Crippen LogP contribution in [0.5, 0.6) is 0 Å². The Balaban J connectivity index is 1.85. The molecule has 1 saturated heterocycles. The van der Waals surface area contributed by atoms with Gasteiger partial charge in [0.25, 0.3) is 5.91 Å². The van der Waals surface area contributed by atoms with Gasteiger partial charge in [0, 0.05) is 18.7 Å². The van der Waals surface area contributed by atoms with E-state index in [-0.39, 0.29) is 5.91 Å². The molecule has 0 radical (unpaired) electrons. The van der Waals surface area contributed by atoms with Crippen LogP contribution in [-0.4, -0.2) is 32.2 Å². The van der Waals surface area contributed by atoms with Gasteiger partial charge in [0.05, 0.1) is 36.4 Å². The molecule has 5 nitrogen and oxygen atoms in total. The minimum Gasteiger partial charge on any atom is -0.469 e. The maximum absolute atomic E-state index is 12.5. The average molecular weight is 300 g/mol. The molecule has 0 bridgehead atoms. The molecule has 1 aromatic heterocycles. The van der Waals surface area contributed by atoms with Gasteiger partial charge in [-0.3, -0.25) is 4.79 Å². The fourth-order valence-electron chi connectivity index (χ4n) is 2.76. The van der Waals surface area contributed by atoms with Crippen LogP contribution in [0.15, 0.2) is 34.9 Å². The van der Waals surface area contributed by atoms with Crippen molar-refractivity contribution in [3.63, 3.8) is 0 Å². The van der Waals surface area contributed by atoms with E-state index in [1.807, 2.05) is 31.2 Å². The fraction of sp³-hybridized carbons (Fsp3) is 0.353. The zero-order valence-electron chi connectivity index (χ0n) is 12.9. The van der Waals surface area contributed by atoms with Crippen molar-refractivity contribution in [1.29, 1.82) is 0 Å². The molecule has 1 aliphatic heterocycles. The molecule has 1 amide bonds. The number of aryl methyl sites for hydroxylation is 2. The zero-order valence-corrected chi connectivity index (χ0v) is 12.9.